The number of nitrogens with zero attached hydrogens (tertiary/aromatic N) is 3. The van der Waals surface area contributed by atoms with Crippen LogP contribution in [0.1, 0.15) is 11.1 Å². The lowest BCUT2D eigenvalue weighted by atomic mass is 10.2. The molecular weight excluding hydrogens is 267 g/mol. The SMILES string of the molecule is Fc1ccc(CNc2cccc(Cn3cncn3)c2)cc1. The van der Waals surface area contributed by atoms with Crippen LogP contribution in [0.2, 0.25) is 0 Å². The summed E-state index contributed by atoms with van der Waals surface area (Å²) in [5.74, 6) is -0.214. The van der Waals surface area contributed by atoms with Gasteiger partial charge >= 0.3 is 0 Å². The van der Waals surface area contributed by atoms with Crippen LogP contribution in [0.4, 0.5) is 10.1 Å². The summed E-state index contributed by atoms with van der Waals surface area (Å²) in [6, 6.07) is 14.6. The predicted molar refractivity (Wildman–Crippen MR) is 79.3 cm³/mol. The van der Waals surface area contributed by atoms with Crippen molar-refractivity contribution in [2.45, 2.75) is 13.1 Å². The van der Waals surface area contributed by atoms with Gasteiger partial charge in [-0.15, -0.1) is 0 Å². The van der Waals surface area contributed by atoms with Crippen LogP contribution in [0, 0.1) is 5.82 Å². The summed E-state index contributed by atoms with van der Waals surface area (Å²) in [4.78, 5) is 3.93. The molecule has 0 fully saturated rings. The zero-order chi connectivity index (χ0) is 14.5. The van der Waals surface area contributed by atoms with Gasteiger partial charge in [-0.3, -0.25) is 0 Å². The quantitative estimate of drug-likeness (QED) is 0.782. The van der Waals surface area contributed by atoms with E-state index in [-0.39, 0.29) is 5.82 Å². The summed E-state index contributed by atoms with van der Waals surface area (Å²) >= 11 is 0. The first kappa shape index (κ1) is 13.3. The molecule has 4 nitrogen and oxygen atoms in total. The van der Waals surface area contributed by atoms with Crippen molar-refractivity contribution in [3.8, 4) is 0 Å². The maximum absolute atomic E-state index is 12.8. The van der Waals surface area contributed by atoms with E-state index in [0.717, 1.165) is 16.8 Å². The first-order valence-electron chi connectivity index (χ1n) is 6.69. The van der Waals surface area contributed by atoms with Crippen molar-refractivity contribution in [2.75, 3.05) is 5.32 Å². The number of nitrogens with one attached hydrogen (secondary N) is 1. The van der Waals surface area contributed by atoms with Crippen LogP contribution < -0.4 is 5.32 Å². The fourth-order valence-corrected chi connectivity index (χ4v) is 2.09. The van der Waals surface area contributed by atoms with Gasteiger partial charge in [0.15, 0.2) is 0 Å². The number of hydrogen-bond acceptors (Lipinski definition) is 3. The van der Waals surface area contributed by atoms with Crippen molar-refractivity contribution in [2.24, 2.45) is 0 Å². The minimum atomic E-state index is -0.214. The van der Waals surface area contributed by atoms with E-state index in [9.17, 15) is 4.39 Å². The highest BCUT2D eigenvalue weighted by atomic mass is 19.1. The van der Waals surface area contributed by atoms with E-state index in [2.05, 4.69) is 21.5 Å². The topological polar surface area (TPSA) is 42.7 Å². The Morgan fingerprint density at radius 2 is 1.90 bits per heavy atom. The molecule has 1 aromatic heterocycles. The van der Waals surface area contributed by atoms with Gasteiger partial charge in [0, 0.05) is 12.2 Å². The number of rotatable bonds is 5. The Bertz CT molecular complexity index is 693. The molecule has 0 unspecified atom stereocenters. The second kappa shape index (κ2) is 6.17. The van der Waals surface area contributed by atoms with Crippen LogP contribution >= 0.6 is 0 Å². The van der Waals surface area contributed by atoms with Gasteiger partial charge in [-0.1, -0.05) is 24.3 Å². The average Bonchev–Trinajstić information content (AvgIpc) is 3.00. The molecular formula is C16H15FN4. The largest absolute Gasteiger partial charge is 0.381 e. The molecule has 0 amide bonds. The van der Waals surface area contributed by atoms with Gasteiger partial charge in [0.1, 0.15) is 18.5 Å². The third-order valence-corrected chi connectivity index (χ3v) is 3.15. The summed E-state index contributed by atoms with van der Waals surface area (Å²) in [7, 11) is 0. The van der Waals surface area contributed by atoms with Crippen molar-refractivity contribution < 1.29 is 4.39 Å². The van der Waals surface area contributed by atoms with Crippen molar-refractivity contribution in [1.82, 2.24) is 14.8 Å². The summed E-state index contributed by atoms with van der Waals surface area (Å²) in [6.45, 7) is 1.35. The third kappa shape index (κ3) is 3.66. The molecule has 5 heteroatoms. The van der Waals surface area contributed by atoms with E-state index in [4.69, 9.17) is 0 Å². The van der Waals surface area contributed by atoms with Gasteiger partial charge in [0.05, 0.1) is 6.54 Å². The highest BCUT2D eigenvalue weighted by molar-refractivity contribution is 5.46. The van der Waals surface area contributed by atoms with Crippen molar-refractivity contribution in [3.63, 3.8) is 0 Å². The molecule has 0 aliphatic rings. The van der Waals surface area contributed by atoms with E-state index < -0.39 is 0 Å². The van der Waals surface area contributed by atoms with Gasteiger partial charge in [-0.2, -0.15) is 5.10 Å². The summed E-state index contributed by atoms with van der Waals surface area (Å²) in [5, 5.41) is 7.43. The number of anilines is 1. The summed E-state index contributed by atoms with van der Waals surface area (Å²) in [6.07, 6.45) is 3.22. The van der Waals surface area contributed by atoms with E-state index in [1.165, 1.54) is 18.5 Å². The van der Waals surface area contributed by atoms with Crippen LogP contribution in [-0.2, 0) is 13.1 Å². The molecule has 1 N–H and O–H groups in total. The second-order valence-corrected chi connectivity index (χ2v) is 4.77. The lowest BCUT2D eigenvalue weighted by Gasteiger charge is -2.09. The number of benzene rings is 2. The van der Waals surface area contributed by atoms with Gasteiger partial charge in [-0.25, -0.2) is 14.1 Å². The average molecular weight is 282 g/mol. The lowest BCUT2D eigenvalue weighted by Crippen LogP contribution is -2.02. The molecule has 0 bridgehead atoms. The van der Waals surface area contributed by atoms with Crippen LogP contribution in [0.5, 0.6) is 0 Å². The number of halogens is 1. The molecule has 3 rings (SSSR count). The molecule has 0 saturated heterocycles. The highest BCUT2D eigenvalue weighted by Crippen LogP contribution is 2.13. The second-order valence-electron chi connectivity index (χ2n) is 4.77. The molecule has 3 aromatic rings. The van der Waals surface area contributed by atoms with E-state index in [1.807, 2.05) is 18.2 Å². The van der Waals surface area contributed by atoms with Gasteiger partial charge in [0.2, 0.25) is 0 Å². The smallest absolute Gasteiger partial charge is 0.137 e. The summed E-state index contributed by atoms with van der Waals surface area (Å²) in [5.41, 5.74) is 3.21. The maximum Gasteiger partial charge on any atom is 0.137 e. The van der Waals surface area contributed by atoms with Gasteiger partial charge in [-0.05, 0) is 35.4 Å². The summed E-state index contributed by atoms with van der Waals surface area (Å²) < 4.78 is 14.6. The fraction of sp³-hybridized carbons (Fsp3) is 0.125. The molecule has 0 radical (unpaired) electrons. The first-order valence-corrected chi connectivity index (χ1v) is 6.69. The minimum absolute atomic E-state index is 0.214. The Labute approximate surface area is 122 Å². The molecule has 0 aliphatic heterocycles. The van der Waals surface area contributed by atoms with Crippen molar-refractivity contribution >= 4 is 5.69 Å². The Morgan fingerprint density at radius 3 is 2.67 bits per heavy atom. The zero-order valence-corrected chi connectivity index (χ0v) is 11.4. The number of aromatic nitrogens is 3. The monoisotopic (exact) mass is 282 g/mol. The van der Waals surface area contributed by atoms with Crippen molar-refractivity contribution in [1.29, 1.82) is 0 Å². The Kier molecular flexibility index (Phi) is 3.91. The molecule has 1 heterocycles. The standard InChI is InChI=1S/C16H15FN4/c17-15-6-4-13(5-7-15)9-19-16-3-1-2-14(8-16)10-21-12-18-11-20-21/h1-8,11-12,19H,9-10H2. The van der Waals surface area contributed by atoms with E-state index in [1.54, 1.807) is 23.1 Å². The van der Waals surface area contributed by atoms with Gasteiger partial charge in [0.25, 0.3) is 0 Å². The Morgan fingerprint density at radius 1 is 1.05 bits per heavy atom. The molecule has 106 valence electrons. The first-order chi connectivity index (χ1) is 10.3. The Hall–Kier alpha value is -2.69. The predicted octanol–water partition coefficient (Wildman–Crippen LogP) is 3.08. The molecule has 0 aliphatic carbocycles. The van der Waals surface area contributed by atoms with E-state index in [0.29, 0.717) is 13.1 Å². The van der Waals surface area contributed by atoms with Crippen LogP contribution in [0.15, 0.2) is 61.2 Å². The molecule has 0 saturated carbocycles. The van der Waals surface area contributed by atoms with Crippen LogP contribution in [0.3, 0.4) is 0 Å². The normalized spacial score (nSPS) is 10.5. The molecule has 0 atom stereocenters. The molecule has 2 aromatic carbocycles. The lowest BCUT2D eigenvalue weighted by molar-refractivity contribution is 0.627. The fourth-order valence-electron chi connectivity index (χ4n) is 2.09. The van der Waals surface area contributed by atoms with Crippen molar-refractivity contribution in [3.05, 3.63) is 78.1 Å². The Balaban J connectivity index is 1.64. The minimum Gasteiger partial charge on any atom is -0.381 e. The number of hydrogen-bond donors (Lipinski definition) is 1. The zero-order valence-electron chi connectivity index (χ0n) is 11.4. The third-order valence-electron chi connectivity index (χ3n) is 3.15. The van der Waals surface area contributed by atoms with Gasteiger partial charge < -0.3 is 5.32 Å². The van der Waals surface area contributed by atoms with Crippen LogP contribution in [0.25, 0.3) is 0 Å². The maximum atomic E-state index is 12.8. The highest BCUT2D eigenvalue weighted by Gasteiger charge is 1.99. The molecule has 0 spiro atoms. The van der Waals surface area contributed by atoms with E-state index >= 15 is 0 Å². The van der Waals surface area contributed by atoms with Crippen LogP contribution in [-0.4, -0.2) is 14.8 Å². The molecule has 21 heavy (non-hydrogen) atoms.